The third kappa shape index (κ3) is 4.93. The minimum Gasteiger partial charge on any atom is -0.376 e. The fourth-order valence-corrected chi connectivity index (χ4v) is 3.80. The molecule has 32 heavy (non-hydrogen) atoms. The summed E-state index contributed by atoms with van der Waals surface area (Å²) in [5.74, 6) is -0.673. The molecule has 0 bridgehead atoms. The summed E-state index contributed by atoms with van der Waals surface area (Å²) in [7, 11) is 0. The molecular formula is C22H20Cl2N4O4. The van der Waals surface area contributed by atoms with Gasteiger partial charge in [0.15, 0.2) is 0 Å². The van der Waals surface area contributed by atoms with Gasteiger partial charge >= 0.3 is 5.69 Å². The molecule has 1 N–H and O–H groups in total. The van der Waals surface area contributed by atoms with Crippen molar-refractivity contribution >= 4 is 29.1 Å². The molecule has 1 aliphatic heterocycles. The summed E-state index contributed by atoms with van der Waals surface area (Å²) in [5.41, 5.74) is -0.860. The second kappa shape index (κ2) is 9.68. The van der Waals surface area contributed by atoms with Crippen LogP contribution in [-0.2, 0) is 11.3 Å². The van der Waals surface area contributed by atoms with Crippen LogP contribution in [0, 0.1) is 0 Å². The average molecular weight is 475 g/mol. The van der Waals surface area contributed by atoms with Gasteiger partial charge in [-0.1, -0.05) is 35.3 Å². The summed E-state index contributed by atoms with van der Waals surface area (Å²) in [5, 5.41) is 7.72. The number of benzene rings is 2. The van der Waals surface area contributed by atoms with E-state index in [4.69, 9.17) is 27.9 Å². The maximum atomic E-state index is 13.2. The van der Waals surface area contributed by atoms with Crippen LogP contribution in [0.15, 0.2) is 58.1 Å². The molecule has 0 radical (unpaired) electrons. The second-order valence-electron chi connectivity index (χ2n) is 7.39. The van der Waals surface area contributed by atoms with Crippen molar-refractivity contribution in [1.29, 1.82) is 0 Å². The first-order valence-electron chi connectivity index (χ1n) is 10.1. The van der Waals surface area contributed by atoms with E-state index in [0.717, 1.165) is 22.1 Å². The third-order valence-electron chi connectivity index (χ3n) is 5.09. The average Bonchev–Trinajstić information content (AvgIpc) is 3.30. The molecule has 1 atom stereocenters. The molecular weight excluding hydrogens is 455 g/mol. The van der Waals surface area contributed by atoms with Crippen LogP contribution in [0.4, 0.5) is 0 Å². The number of ether oxygens (including phenoxy) is 1. The minimum atomic E-state index is -0.787. The maximum Gasteiger partial charge on any atom is 0.352 e. The Morgan fingerprint density at radius 3 is 2.59 bits per heavy atom. The van der Waals surface area contributed by atoms with Gasteiger partial charge in [-0.25, -0.2) is 4.79 Å². The van der Waals surface area contributed by atoms with Crippen LogP contribution in [-0.4, -0.2) is 39.5 Å². The summed E-state index contributed by atoms with van der Waals surface area (Å²) in [6.45, 7) is 0.835. The van der Waals surface area contributed by atoms with E-state index in [1.165, 1.54) is 0 Å². The van der Waals surface area contributed by atoms with E-state index in [-0.39, 0.29) is 24.9 Å². The van der Waals surface area contributed by atoms with Gasteiger partial charge in [0.1, 0.15) is 0 Å². The van der Waals surface area contributed by atoms with Gasteiger partial charge in [-0.05, 0) is 54.8 Å². The monoisotopic (exact) mass is 474 g/mol. The molecule has 0 spiro atoms. The number of carbonyl (C=O) groups is 1. The number of nitrogens with zero attached hydrogens (tertiary/aromatic N) is 3. The lowest BCUT2D eigenvalue weighted by Gasteiger charge is -2.14. The Labute approximate surface area is 193 Å². The van der Waals surface area contributed by atoms with Crippen LogP contribution in [0.25, 0.3) is 5.69 Å². The number of aromatic nitrogens is 3. The number of amides is 1. The largest absolute Gasteiger partial charge is 0.376 e. The molecule has 1 aliphatic rings. The lowest BCUT2D eigenvalue weighted by Crippen LogP contribution is -2.46. The van der Waals surface area contributed by atoms with Crippen molar-refractivity contribution in [3.63, 3.8) is 0 Å². The predicted molar refractivity (Wildman–Crippen MR) is 121 cm³/mol. The molecule has 0 unspecified atom stereocenters. The van der Waals surface area contributed by atoms with Gasteiger partial charge in [0.05, 0.1) is 18.3 Å². The summed E-state index contributed by atoms with van der Waals surface area (Å²) >= 11 is 12.0. The Kier molecular flexibility index (Phi) is 6.74. The second-order valence-corrected chi connectivity index (χ2v) is 8.26. The van der Waals surface area contributed by atoms with E-state index >= 15 is 0 Å². The maximum absolute atomic E-state index is 13.2. The van der Waals surface area contributed by atoms with Crippen LogP contribution in [0.5, 0.6) is 0 Å². The van der Waals surface area contributed by atoms with E-state index in [1.807, 2.05) is 0 Å². The van der Waals surface area contributed by atoms with Crippen LogP contribution in [0.1, 0.15) is 28.9 Å². The summed E-state index contributed by atoms with van der Waals surface area (Å²) < 4.78 is 7.49. The molecule has 8 nitrogen and oxygen atoms in total. The fraction of sp³-hybridized carbons (Fsp3) is 0.273. The lowest BCUT2D eigenvalue weighted by molar-refractivity contribution is 0.0849. The molecule has 1 aromatic heterocycles. The smallest absolute Gasteiger partial charge is 0.352 e. The summed E-state index contributed by atoms with van der Waals surface area (Å²) in [6.07, 6.45) is 1.65. The topological polar surface area (TPSA) is 95.2 Å². The summed E-state index contributed by atoms with van der Waals surface area (Å²) in [6, 6.07) is 13.1. The Balaban J connectivity index is 1.76. The molecule has 2 aromatic carbocycles. The van der Waals surface area contributed by atoms with Gasteiger partial charge in [-0.2, -0.15) is 9.78 Å². The highest BCUT2D eigenvalue weighted by molar-refractivity contribution is 6.30. The number of halogens is 2. The van der Waals surface area contributed by atoms with Gasteiger partial charge in [0, 0.05) is 23.2 Å². The van der Waals surface area contributed by atoms with Crippen molar-refractivity contribution in [2.45, 2.75) is 25.5 Å². The Morgan fingerprint density at radius 1 is 1.12 bits per heavy atom. The van der Waals surface area contributed by atoms with Crippen molar-refractivity contribution in [2.24, 2.45) is 0 Å². The highest BCUT2D eigenvalue weighted by atomic mass is 35.5. The van der Waals surface area contributed by atoms with E-state index in [2.05, 4.69) is 10.4 Å². The highest BCUT2D eigenvalue weighted by Gasteiger charge is 2.22. The Hall–Kier alpha value is -2.94. The quantitative estimate of drug-likeness (QED) is 0.592. The normalized spacial score (nSPS) is 15.6. The Bertz CT molecular complexity index is 1250. The van der Waals surface area contributed by atoms with Gasteiger partial charge in [-0.3, -0.25) is 14.2 Å². The zero-order valence-corrected chi connectivity index (χ0v) is 18.5. The van der Waals surface area contributed by atoms with Crippen molar-refractivity contribution in [3.8, 4) is 5.69 Å². The minimum absolute atomic E-state index is 0.0691. The molecule has 3 aromatic rings. The van der Waals surface area contributed by atoms with Crippen molar-refractivity contribution in [1.82, 2.24) is 19.7 Å². The third-order valence-corrected chi connectivity index (χ3v) is 5.58. The summed E-state index contributed by atoms with van der Waals surface area (Å²) in [4.78, 5) is 39.1. The first-order valence-corrected chi connectivity index (χ1v) is 10.8. The molecule has 166 valence electrons. The van der Waals surface area contributed by atoms with Gasteiger partial charge in [0.2, 0.25) is 5.69 Å². The van der Waals surface area contributed by atoms with Crippen LogP contribution in [0.2, 0.25) is 10.0 Å². The SMILES string of the molecule is O=C(NC[C@H]1CCCO1)c1nn(-c2ccc(Cl)cc2)c(=O)n(Cc2cccc(Cl)c2)c1=O. The van der Waals surface area contributed by atoms with Crippen molar-refractivity contribution < 1.29 is 9.53 Å². The Morgan fingerprint density at radius 2 is 1.91 bits per heavy atom. The molecule has 0 aliphatic carbocycles. The standard InChI is InChI=1S/C22H20Cl2N4O4/c23-15-6-8-17(9-7-15)28-22(31)27(13-14-3-1-4-16(24)11-14)21(30)19(26-28)20(29)25-12-18-5-2-10-32-18/h1,3-4,6-9,11,18H,2,5,10,12-13H2,(H,25,29)/t18-/m1/s1. The molecule has 4 rings (SSSR count). The van der Waals surface area contributed by atoms with Crippen LogP contribution in [0.3, 0.4) is 0 Å². The molecule has 2 heterocycles. The van der Waals surface area contributed by atoms with Crippen LogP contribution < -0.4 is 16.6 Å². The first-order chi connectivity index (χ1) is 15.4. The molecule has 0 saturated carbocycles. The number of nitrogens with one attached hydrogen (secondary N) is 1. The molecule has 1 fully saturated rings. The van der Waals surface area contributed by atoms with E-state index < -0.39 is 17.2 Å². The number of rotatable bonds is 6. The van der Waals surface area contributed by atoms with E-state index in [9.17, 15) is 14.4 Å². The van der Waals surface area contributed by atoms with E-state index in [0.29, 0.717) is 27.9 Å². The number of hydrogen-bond acceptors (Lipinski definition) is 5. The molecule has 10 heteroatoms. The van der Waals surface area contributed by atoms with Gasteiger partial charge < -0.3 is 10.1 Å². The molecule has 1 amide bonds. The predicted octanol–water partition coefficient (Wildman–Crippen LogP) is 2.66. The molecule has 1 saturated heterocycles. The van der Waals surface area contributed by atoms with Gasteiger partial charge in [-0.15, -0.1) is 0 Å². The fourth-order valence-electron chi connectivity index (χ4n) is 3.46. The van der Waals surface area contributed by atoms with E-state index in [1.54, 1.807) is 48.5 Å². The van der Waals surface area contributed by atoms with Crippen molar-refractivity contribution in [3.05, 3.63) is 90.7 Å². The zero-order valence-electron chi connectivity index (χ0n) is 17.0. The number of carbonyl (C=O) groups excluding carboxylic acids is 1. The number of hydrogen-bond donors (Lipinski definition) is 1. The van der Waals surface area contributed by atoms with Gasteiger partial charge in [0.25, 0.3) is 11.5 Å². The van der Waals surface area contributed by atoms with Crippen molar-refractivity contribution in [2.75, 3.05) is 13.2 Å². The lowest BCUT2D eigenvalue weighted by atomic mass is 10.2. The first kappa shape index (κ1) is 22.3. The highest BCUT2D eigenvalue weighted by Crippen LogP contribution is 2.13. The van der Waals surface area contributed by atoms with Crippen LogP contribution >= 0.6 is 23.2 Å². The zero-order chi connectivity index (χ0) is 22.7.